The van der Waals surface area contributed by atoms with Crippen LogP contribution in [0.3, 0.4) is 0 Å². The fourth-order valence-electron chi connectivity index (χ4n) is 5.17. The van der Waals surface area contributed by atoms with Crippen LogP contribution in [0.25, 0.3) is 0 Å². The van der Waals surface area contributed by atoms with Crippen molar-refractivity contribution in [1.29, 1.82) is 0 Å². The van der Waals surface area contributed by atoms with Crippen molar-refractivity contribution < 1.29 is 9.59 Å². The lowest BCUT2D eigenvalue weighted by Gasteiger charge is -2.33. The molecule has 5 nitrogen and oxygen atoms in total. The third-order valence-corrected chi connectivity index (χ3v) is 6.63. The molecule has 0 saturated carbocycles. The number of carbonyl (C=O) groups excluding carboxylic acids is 2. The van der Waals surface area contributed by atoms with Gasteiger partial charge in [-0.05, 0) is 56.0 Å². The summed E-state index contributed by atoms with van der Waals surface area (Å²) < 4.78 is 0. The molecule has 2 aliphatic heterocycles. The molecule has 2 unspecified atom stereocenters. The van der Waals surface area contributed by atoms with Crippen LogP contribution in [0.1, 0.15) is 60.3 Å². The Bertz CT molecular complexity index is 1280. The molecule has 2 heterocycles. The number of rotatable bonds is 3. The molecule has 0 bridgehead atoms. The van der Waals surface area contributed by atoms with Gasteiger partial charge < -0.3 is 10.2 Å². The molecular weight excluding hydrogens is 422 g/mol. The zero-order chi connectivity index (χ0) is 23.9. The second kappa shape index (κ2) is 8.24. The summed E-state index contributed by atoms with van der Waals surface area (Å²) in [6.07, 6.45) is 2.63. The zero-order valence-electron chi connectivity index (χ0n) is 19.8. The maximum Gasteiger partial charge on any atom is 0.255 e. The first-order valence-electron chi connectivity index (χ1n) is 11.7. The largest absolute Gasteiger partial charge is 0.349 e. The fourth-order valence-corrected chi connectivity index (χ4v) is 5.17. The lowest BCUT2D eigenvalue weighted by Crippen LogP contribution is -2.49. The molecule has 0 aromatic heterocycles. The number of amides is 2. The van der Waals surface area contributed by atoms with Gasteiger partial charge in [0.05, 0.1) is 11.1 Å². The van der Waals surface area contributed by atoms with Crippen LogP contribution in [-0.4, -0.2) is 35.0 Å². The third-order valence-electron chi connectivity index (χ3n) is 6.63. The molecule has 0 fully saturated rings. The second-order valence-electron chi connectivity index (χ2n) is 10.1. The highest BCUT2D eigenvalue weighted by molar-refractivity contribution is 6.03. The van der Waals surface area contributed by atoms with E-state index in [4.69, 9.17) is 4.99 Å². The van der Waals surface area contributed by atoms with E-state index in [1.54, 1.807) is 4.90 Å². The maximum absolute atomic E-state index is 14.1. The fraction of sp³-hybridized carbons (Fsp3) is 0.276. The van der Waals surface area contributed by atoms with Crippen LogP contribution in [-0.2, 0) is 10.2 Å². The minimum absolute atomic E-state index is 0.136. The minimum Gasteiger partial charge on any atom is -0.349 e. The summed E-state index contributed by atoms with van der Waals surface area (Å²) in [5, 5.41) is 3.10. The Kier molecular flexibility index (Phi) is 5.35. The number of nitrogens with one attached hydrogen (secondary N) is 1. The van der Waals surface area contributed by atoms with E-state index in [0.717, 1.165) is 22.4 Å². The van der Waals surface area contributed by atoms with E-state index in [2.05, 4.69) is 11.4 Å². The van der Waals surface area contributed by atoms with Gasteiger partial charge in [0.25, 0.3) is 5.91 Å². The lowest BCUT2D eigenvalue weighted by molar-refractivity contribution is -0.127. The molecule has 0 radical (unpaired) electrons. The minimum atomic E-state index is -0.732. The van der Waals surface area contributed by atoms with E-state index in [9.17, 15) is 9.59 Å². The van der Waals surface area contributed by atoms with Crippen molar-refractivity contribution in [2.75, 3.05) is 6.54 Å². The quantitative estimate of drug-likeness (QED) is 0.596. The monoisotopic (exact) mass is 451 g/mol. The van der Waals surface area contributed by atoms with Crippen LogP contribution in [0.2, 0.25) is 0 Å². The predicted octanol–water partition coefficient (Wildman–Crippen LogP) is 5.19. The summed E-state index contributed by atoms with van der Waals surface area (Å²) in [4.78, 5) is 34.1. The van der Waals surface area contributed by atoms with Crippen LogP contribution in [0.15, 0.2) is 83.9 Å². The molecule has 3 aromatic rings. The summed E-state index contributed by atoms with van der Waals surface area (Å²) in [6, 6.07) is 24.7. The highest BCUT2D eigenvalue weighted by atomic mass is 16.2. The van der Waals surface area contributed by atoms with Crippen molar-refractivity contribution in [2.45, 2.75) is 44.2 Å². The van der Waals surface area contributed by atoms with Crippen LogP contribution in [0, 0.1) is 0 Å². The average Bonchev–Trinajstić information content (AvgIpc) is 3.15. The number of hydrogen-bond donors (Lipinski definition) is 1. The Balaban J connectivity index is 1.64. The molecule has 3 aromatic carbocycles. The van der Waals surface area contributed by atoms with Gasteiger partial charge in [-0.2, -0.15) is 0 Å². The Morgan fingerprint density at radius 2 is 1.59 bits per heavy atom. The van der Waals surface area contributed by atoms with E-state index < -0.39 is 17.0 Å². The molecule has 1 N–H and O–H groups in total. The Labute approximate surface area is 200 Å². The summed E-state index contributed by atoms with van der Waals surface area (Å²) in [5.74, 6) is -0.316. The molecule has 2 atom stereocenters. The molecule has 2 amide bonds. The summed E-state index contributed by atoms with van der Waals surface area (Å²) in [7, 11) is 0. The number of fused-ring (bicyclic) bond motifs is 4. The number of carbonyl (C=O) groups is 2. The SMILES string of the molecule is CC(C)(C)NC(=O)C(c1ccccc1)N1CCC2(C=Nc3ccccc32)c2ccccc2C1=O. The standard InChI is InChI=1S/C29H29N3O2/c1-28(2,3)31-26(33)25(20-11-5-4-6-12-20)32-18-17-29(19-30-24-16-10-9-15-23(24)29)22-14-8-7-13-21(22)27(32)34/h4-16,19,25H,17-18H2,1-3H3,(H,31,33). The molecule has 172 valence electrons. The van der Waals surface area contributed by atoms with E-state index >= 15 is 0 Å². The highest BCUT2D eigenvalue weighted by Gasteiger charge is 2.45. The van der Waals surface area contributed by atoms with Gasteiger partial charge in [0.15, 0.2) is 0 Å². The van der Waals surface area contributed by atoms with Gasteiger partial charge in [-0.15, -0.1) is 0 Å². The van der Waals surface area contributed by atoms with Crippen LogP contribution >= 0.6 is 0 Å². The number of para-hydroxylation sites is 1. The predicted molar refractivity (Wildman–Crippen MR) is 135 cm³/mol. The Morgan fingerprint density at radius 1 is 0.941 bits per heavy atom. The van der Waals surface area contributed by atoms with Gasteiger partial charge >= 0.3 is 0 Å². The van der Waals surface area contributed by atoms with Crippen molar-refractivity contribution in [1.82, 2.24) is 10.2 Å². The molecule has 5 rings (SSSR count). The Hall–Kier alpha value is -3.73. The first kappa shape index (κ1) is 22.1. The van der Waals surface area contributed by atoms with Gasteiger partial charge in [-0.1, -0.05) is 66.7 Å². The number of benzene rings is 3. The van der Waals surface area contributed by atoms with E-state index in [0.29, 0.717) is 18.5 Å². The molecule has 0 aliphatic carbocycles. The first-order chi connectivity index (χ1) is 16.3. The van der Waals surface area contributed by atoms with Gasteiger partial charge in [0, 0.05) is 23.9 Å². The smallest absolute Gasteiger partial charge is 0.255 e. The maximum atomic E-state index is 14.1. The normalized spacial score (nSPS) is 20.0. The molecule has 34 heavy (non-hydrogen) atoms. The van der Waals surface area contributed by atoms with Crippen molar-refractivity contribution >= 4 is 23.7 Å². The molecule has 2 aliphatic rings. The van der Waals surface area contributed by atoms with E-state index in [1.165, 1.54) is 0 Å². The summed E-state index contributed by atoms with van der Waals surface area (Å²) >= 11 is 0. The van der Waals surface area contributed by atoms with Gasteiger partial charge in [0.2, 0.25) is 5.91 Å². The van der Waals surface area contributed by atoms with E-state index in [1.807, 2.05) is 99.8 Å². The van der Waals surface area contributed by atoms with Crippen molar-refractivity contribution in [2.24, 2.45) is 4.99 Å². The third kappa shape index (κ3) is 3.71. The average molecular weight is 452 g/mol. The Morgan fingerprint density at radius 3 is 2.32 bits per heavy atom. The number of nitrogens with zero attached hydrogens (tertiary/aromatic N) is 2. The second-order valence-corrected chi connectivity index (χ2v) is 10.1. The summed E-state index contributed by atoms with van der Waals surface area (Å²) in [5.41, 5.74) is 3.48. The van der Waals surface area contributed by atoms with E-state index in [-0.39, 0.29) is 11.8 Å². The zero-order valence-corrected chi connectivity index (χ0v) is 19.8. The number of hydrogen-bond acceptors (Lipinski definition) is 3. The summed E-state index contributed by atoms with van der Waals surface area (Å²) in [6.45, 7) is 6.28. The number of aliphatic imine (C=N–C) groups is 1. The van der Waals surface area contributed by atoms with Crippen molar-refractivity contribution in [3.05, 3.63) is 101 Å². The van der Waals surface area contributed by atoms with Crippen molar-refractivity contribution in [3.63, 3.8) is 0 Å². The topological polar surface area (TPSA) is 61.8 Å². The van der Waals surface area contributed by atoms with Crippen LogP contribution in [0.5, 0.6) is 0 Å². The van der Waals surface area contributed by atoms with Crippen LogP contribution < -0.4 is 5.32 Å². The van der Waals surface area contributed by atoms with Crippen molar-refractivity contribution in [3.8, 4) is 0 Å². The molecule has 5 heteroatoms. The van der Waals surface area contributed by atoms with Crippen LogP contribution in [0.4, 0.5) is 5.69 Å². The first-order valence-corrected chi connectivity index (χ1v) is 11.7. The lowest BCUT2D eigenvalue weighted by atomic mass is 9.72. The van der Waals surface area contributed by atoms with Gasteiger partial charge in [0.1, 0.15) is 6.04 Å². The van der Waals surface area contributed by atoms with Gasteiger partial charge in [-0.3, -0.25) is 14.6 Å². The molecular formula is C29H29N3O2. The molecule has 1 spiro atoms. The molecule has 0 saturated heterocycles. The van der Waals surface area contributed by atoms with Gasteiger partial charge in [-0.25, -0.2) is 0 Å². The highest BCUT2D eigenvalue weighted by Crippen LogP contribution is 2.47.